The number of aryl methyl sites for hydroxylation is 1. The summed E-state index contributed by atoms with van der Waals surface area (Å²) in [6.45, 7) is 3.62. The summed E-state index contributed by atoms with van der Waals surface area (Å²) in [6, 6.07) is 17.7. The average molecular weight is 368 g/mol. The predicted octanol–water partition coefficient (Wildman–Crippen LogP) is 3.69. The summed E-state index contributed by atoms with van der Waals surface area (Å²) in [7, 11) is 0. The third-order valence-electron chi connectivity index (χ3n) is 4.04. The zero-order valence-electron chi connectivity index (χ0n) is 14.4. The van der Waals surface area contributed by atoms with Crippen LogP contribution in [0.3, 0.4) is 0 Å². The minimum Gasteiger partial charge on any atom is -0.344 e. The number of carbonyl (C=O) groups is 1. The summed E-state index contributed by atoms with van der Waals surface area (Å²) in [5, 5.41) is 7.71. The Labute approximate surface area is 156 Å². The maximum atomic E-state index is 12.6. The van der Waals surface area contributed by atoms with Crippen molar-refractivity contribution in [3.05, 3.63) is 92.9 Å². The first-order chi connectivity index (χ1) is 12.5. The van der Waals surface area contributed by atoms with E-state index in [0.29, 0.717) is 10.7 Å². The van der Waals surface area contributed by atoms with Crippen LogP contribution in [0, 0.1) is 6.92 Å². The van der Waals surface area contributed by atoms with E-state index in [9.17, 15) is 9.59 Å². The van der Waals surface area contributed by atoms with Crippen LogP contribution < -0.4 is 10.7 Å². The number of benzene rings is 2. The number of nitrogens with one attached hydrogen (secondary N) is 1. The molecule has 3 rings (SSSR count). The maximum Gasteiger partial charge on any atom is 0.276 e. The first-order valence-electron chi connectivity index (χ1n) is 8.18. The van der Waals surface area contributed by atoms with E-state index in [4.69, 9.17) is 11.6 Å². The minimum atomic E-state index is -0.512. The van der Waals surface area contributed by atoms with Crippen molar-refractivity contribution >= 4 is 17.5 Å². The van der Waals surface area contributed by atoms with Crippen LogP contribution in [-0.2, 0) is 0 Å². The Balaban J connectivity index is 1.89. The molecule has 26 heavy (non-hydrogen) atoms. The summed E-state index contributed by atoms with van der Waals surface area (Å²) < 4.78 is 1.59. The van der Waals surface area contributed by atoms with E-state index in [1.165, 1.54) is 6.07 Å². The molecular formula is C20H18ClN3O2. The lowest BCUT2D eigenvalue weighted by Gasteiger charge is -2.15. The van der Waals surface area contributed by atoms with Crippen molar-refractivity contribution in [2.75, 3.05) is 0 Å². The fourth-order valence-corrected chi connectivity index (χ4v) is 2.76. The number of amides is 1. The largest absolute Gasteiger partial charge is 0.344 e. The number of hydrogen-bond acceptors (Lipinski definition) is 3. The molecule has 1 atom stereocenters. The van der Waals surface area contributed by atoms with Crippen molar-refractivity contribution in [1.29, 1.82) is 0 Å². The summed E-state index contributed by atoms with van der Waals surface area (Å²) in [5.74, 6) is -0.512. The molecule has 0 saturated carbocycles. The van der Waals surface area contributed by atoms with Crippen molar-refractivity contribution in [1.82, 2.24) is 15.1 Å². The highest BCUT2D eigenvalue weighted by Crippen LogP contribution is 2.16. The van der Waals surface area contributed by atoms with Crippen LogP contribution in [0.25, 0.3) is 5.69 Å². The Kier molecular flexibility index (Phi) is 5.19. The molecule has 0 aliphatic heterocycles. The zero-order valence-corrected chi connectivity index (χ0v) is 15.2. The number of hydrogen-bond donors (Lipinski definition) is 1. The number of rotatable bonds is 4. The van der Waals surface area contributed by atoms with Gasteiger partial charge in [-0.05, 0) is 43.7 Å². The van der Waals surface area contributed by atoms with Crippen LogP contribution in [-0.4, -0.2) is 15.7 Å². The van der Waals surface area contributed by atoms with Crippen molar-refractivity contribution in [2.24, 2.45) is 0 Å². The Morgan fingerprint density at radius 1 is 1.12 bits per heavy atom. The number of halogens is 1. The van der Waals surface area contributed by atoms with Crippen molar-refractivity contribution in [2.45, 2.75) is 19.9 Å². The van der Waals surface area contributed by atoms with Gasteiger partial charge in [0.2, 0.25) is 5.43 Å². The third-order valence-corrected chi connectivity index (χ3v) is 4.29. The molecule has 0 saturated heterocycles. The third kappa shape index (κ3) is 3.83. The van der Waals surface area contributed by atoms with Crippen molar-refractivity contribution in [3.8, 4) is 5.69 Å². The quantitative estimate of drug-likeness (QED) is 0.765. The van der Waals surface area contributed by atoms with E-state index in [-0.39, 0.29) is 11.7 Å². The SMILES string of the molecule is Cc1cc(=O)c(C(=O)NC(C)c2ccc(Cl)cc2)nn1-c1ccccc1. The molecule has 0 fully saturated rings. The Morgan fingerprint density at radius 2 is 1.77 bits per heavy atom. The zero-order chi connectivity index (χ0) is 18.7. The predicted molar refractivity (Wildman–Crippen MR) is 102 cm³/mol. The first kappa shape index (κ1) is 17.9. The second-order valence-corrected chi connectivity index (χ2v) is 6.43. The van der Waals surface area contributed by atoms with Gasteiger partial charge in [0, 0.05) is 16.8 Å². The van der Waals surface area contributed by atoms with Gasteiger partial charge in [-0.3, -0.25) is 9.59 Å². The normalized spacial score (nSPS) is 11.8. The van der Waals surface area contributed by atoms with Gasteiger partial charge in [-0.15, -0.1) is 0 Å². The second-order valence-electron chi connectivity index (χ2n) is 5.99. The van der Waals surface area contributed by atoms with Gasteiger partial charge >= 0.3 is 0 Å². The molecule has 1 N–H and O–H groups in total. The van der Waals surface area contributed by atoms with Gasteiger partial charge in [-0.1, -0.05) is 41.9 Å². The molecule has 6 heteroatoms. The molecule has 0 aliphatic rings. The van der Waals surface area contributed by atoms with Gasteiger partial charge in [0.1, 0.15) is 0 Å². The highest BCUT2D eigenvalue weighted by Gasteiger charge is 2.18. The van der Waals surface area contributed by atoms with E-state index < -0.39 is 11.3 Å². The molecule has 132 valence electrons. The molecule has 1 aromatic heterocycles. The number of carbonyl (C=O) groups excluding carboxylic acids is 1. The molecule has 0 spiro atoms. The van der Waals surface area contributed by atoms with Crippen LogP contribution in [0.1, 0.15) is 34.7 Å². The van der Waals surface area contributed by atoms with Crippen LogP contribution in [0.2, 0.25) is 5.02 Å². The van der Waals surface area contributed by atoms with E-state index >= 15 is 0 Å². The highest BCUT2D eigenvalue weighted by molar-refractivity contribution is 6.30. The van der Waals surface area contributed by atoms with Gasteiger partial charge in [0.25, 0.3) is 5.91 Å². The van der Waals surface area contributed by atoms with Crippen molar-refractivity contribution < 1.29 is 4.79 Å². The number of aromatic nitrogens is 2. The molecule has 2 aromatic carbocycles. The van der Waals surface area contributed by atoms with E-state index in [1.807, 2.05) is 49.4 Å². The Bertz CT molecular complexity index is 982. The van der Waals surface area contributed by atoms with E-state index in [1.54, 1.807) is 23.7 Å². The second kappa shape index (κ2) is 7.54. The van der Waals surface area contributed by atoms with Gasteiger partial charge in [-0.25, -0.2) is 4.68 Å². The van der Waals surface area contributed by atoms with Gasteiger partial charge < -0.3 is 5.32 Å². The molecule has 0 bridgehead atoms. The smallest absolute Gasteiger partial charge is 0.276 e. The van der Waals surface area contributed by atoms with Crippen LogP contribution in [0.5, 0.6) is 0 Å². The number of nitrogens with zero attached hydrogens (tertiary/aromatic N) is 2. The topological polar surface area (TPSA) is 64.0 Å². The molecule has 0 aliphatic carbocycles. The molecular weight excluding hydrogens is 350 g/mol. The molecule has 1 heterocycles. The van der Waals surface area contributed by atoms with E-state index in [2.05, 4.69) is 10.4 Å². The molecule has 5 nitrogen and oxygen atoms in total. The summed E-state index contributed by atoms with van der Waals surface area (Å²) in [5.41, 5.74) is 1.78. The van der Waals surface area contributed by atoms with Gasteiger partial charge in [0.05, 0.1) is 11.7 Å². The molecule has 3 aromatic rings. The molecule has 1 amide bonds. The van der Waals surface area contributed by atoms with E-state index in [0.717, 1.165) is 11.3 Å². The molecule has 0 radical (unpaired) electrons. The highest BCUT2D eigenvalue weighted by atomic mass is 35.5. The lowest BCUT2D eigenvalue weighted by Crippen LogP contribution is -2.33. The van der Waals surface area contributed by atoms with Gasteiger partial charge in [-0.2, -0.15) is 5.10 Å². The molecule has 1 unspecified atom stereocenters. The first-order valence-corrected chi connectivity index (χ1v) is 8.56. The summed E-state index contributed by atoms with van der Waals surface area (Å²) in [6.07, 6.45) is 0. The van der Waals surface area contributed by atoms with Gasteiger partial charge in [0.15, 0.2) is 5.69 Å². The van der Waals surface area contributed by atoms with Crippen LogP contribution >= 0.6 is 11.6 Å². The standard InChI is InChI=1S/C20H18ClN3O2/c1-13-12-18(25)19(23-24(13)17-6-4-3-5-7-17)20(26)22-14(2)15-8-10-16(21)11-9-15/h3-12,14H,1-2H3,(H,22,26). The average Bonchev–Trinajstić information content (AvgIpc) is 2.63. The Morgan fingerprint density at radius 3 is 2.42 bits per heavy atom. The van der Waals surface area contributed by atoms with Crippen molar-refractivity contribution in [3.63, 3.8) is 0 Å². The summed E-state index contributed by atoms with van der Waals surface area (Å²) in [4.78, 5) is 24.9. The lowest BCUT2D eigenvalue weighted by molar-refractivity contribution is 0.0932. The summed E-state index contributed by atoms with van der Waals surface area (Å²) >= 11 is 5.89. The minimum absolute atomic E-state index is 0.139. The fourth-order valence-electron chi connectivity index (χ4n) is 2.64. The van der Waals surface area contributed by atoms with Crippen LogP contribution in [0.4, 0.5) is 0 Å². The fraction of sp³-hybridized carbons (Fsp3) is 0.150. The lowest BCUT2D eigenvalue weighted by atomic mass is 10.1. The monoisotopic (exact) mass is 367 g/mol. The Hall–Kier alpha value is -2.92. The maximum absolute atomic E-state index is 12.6. The van der Waals surface area contributed by atoms with Crippen LogP contribution in [0.15, 0.2) is 65.5 Å². The number of para-hydroxylation sites is 1.